The molecule has 0 radical (unpaired) electrons. The normalized spacial score (nSPS) is 10.6. The van der Waals surface area contributed by atoms with E-state index in [9.17, 15) is 9.59 Å². The fourth-order valence-electron chi connectivity index (χ4n) is 1.78. The monoisotopic (exact) mass is 363 g/mol. The van der Waals surface area contributed by atoms with E-state index in [0.717, 1.165) is 9.15 Å². The van der Waals surface area contributed by atoms with Crippen molar-refractivity contribution in [1.29, 1.82) is 0 Å². The van der Waals surface area contributed by atoms with Crippen LogP contribution in [0.15, 0.2) is 60.8 Å². The number of rotatable bonds is 4. The van der Waals surface area contributed by atoms with Crippen molar-refractivity contribution < 1.29 is 13.6 Å². The van der Waals surface area contributed by atoms with E-state index in [2.05, 4.69) is 26.3 Å². The summed E-state index contributed by atoms with van der Waals surface area (Å²) in [6.07, 6.45) is 1.44. The number of carbonyl (C=O) groups excluding carboxylic acids is 1. The number of nitrogens with one attached hydrogen (secondary N) is 1. The number of anilines is 1. The summed E-state index contributed by atoms with van der Waals surface area (Å²) < 4.78 is 11.9. The highest BCUT2D eigenvalue weighted by Crippen LogP contribution is 2.16. The minimum Gasteiger partial charge on any atom is -0.459 e. The molecule has 8 heteroatoms. The van der Waals surface area contributed by atoms with Crippen LogP contribution in [0.4, 0.5) is 5.69 Å². The topological polar surface area (TPSA) is 90.3 Å². The number of furan rings is 1. The Kier molecular flexibility index (Phi) is 3.92. The third-order valence-corrected chi connectivity index (χ3v) is 3.29. The molecule has 0 fully saturated rings. The first kappa shape index (κ1) is 14.3. The minimum absolute atomic E-state index is 0.0337. The average Bonchev–Trinajstić information content (AvgIpc) is 3.12. The van der Waals surface area contributed by atoms with Gasteiger partial charge < -0.3 is 14.2 Å². The molecule has 22 heavy (non-hydrogen) atoms. The maximum Gasteiger partial charge on any atom is 0.437 e. The first-order valence-corrected chi connectivity index (χ1v) is 7.08. The lowest BCUT2D eigenvalue weighted by atomic mass is 10.3. The maximum absolute atomic E-state index is 11.9. The third kappa shape index (κ3) is 3.17. The Bertz CT molecular complexity index is 834. The van der Waals surface area contributed by atoms with Crippen molar-refractivity contribution in [1.82, 2.24) is 9.78 Å². The van der Waals surface area contributed by atoms with Gasteiger partial charge in [-0.3, -0.25) is 4.79 Å². The molecule has 0 atom stereocenters. The van der Waals surface area contributed by atoms with E-state index in [1.165, 1.54) is 6.26 Å². The standard InChI is InChI=1S/C14H10BrN3O4/c15-9-3-5-10(6-4-9)16-12(19)8-18-14(20)22-13(17-18)11-2-1-7-21-11/h1-7H,8H2,(H,16,19). The van der Waals surface area contributed by atoms with E-state index >= 15 is 0 Å². The smallest absolute Gasteiger partial charge is 0.437 e. The van der Waals surface area contributed by atoms with Crippen LogP contribution in [-0.2, 0) is 11.3 Å². The van der Waals surface area contributed by atoms with Gasteiger partial charge in [0.1, 0.15) is 6.54 Å². The Labute approximate surface area is 132 Å². The van der Waals surface area contributed by atoms with Crippen LogP contribution in [-0.4, -0.2) is 15.7 Å². The quantitative estimate of drug-likeness (QED) is 0.768. The number of amides is 1. The molecule has 0 bridgehead atoms. The molecule has 7 nitrogen and oxygen atoms in total. The highest BCUT2D eigenvalue weighted by molar-refractivity contribution is 9.10. The molecule has 2 heterocycles. The molecule has 1 amide bonds. The van der Waals surface area contributed by atoms with E-state index in [1.54, 1.807) is 36.4 Å². The molecular formula is C14H10BrN3O4. The molecule has 0 aliphatic rings. The zero-order valence-corrected chi connectivity index (χ0v) is 12.7. The molecule has 1 aromatic carbocycles. The summed E-state index contributed by atoms with van der Waals surface area (Å²) in [6.45, 7) is -0.251. The Morgan fingerprint density at radius 3 is 2.73 bits per heavy atom. The summed E-state index contributed by atoms with van der Waals surface area (Å²) in [4.78, 5) is 23.6. The number of aromatic nitrogens is 2. The van der Waals surface area contributed by atoms with Crippen LogP contribution in [0, 0.1) is 0 Å². The zero-order chi connectivity index (χ0) is 15.5. The fraction of sp³-hybridized carbons (Fsp3) is 0.0714. The van der Waals surface area contributed by atoms with E-state index in [1.807, 2.05) is 0 Å². The Morgan fingerprint density at radius 1 is 1.27 bits per heavy atom. The SMILES string of the molecule is O=C(Cn1nc(-c2ccco2)oc1=O)Nc1ccc(Br)cc1. The molecule has 0 aliphatic heterocycles. The predicted molar refractivity (Wildman–Crippen MR) is 81.2 cm³/mol. The predicted octanol–water partition coefficient (Wildman–Crippen LogP) is 2.50. The van der Waals surface area contributed by atoms with Gasteiger partial charge >= 0.3 is 5.76 Å². The average molecular weight is 364 g/mol. The number of carbonyl (C=O) groups is 1. The van der Waals surface area contributed by atoms with Crippen molar-refractivity contribution in [2.45, 2.75) is 6.54 Å². The largest absolute Gasteiger partial charge is 0.459 e. The van der Waals surface area contributed by atoms with E-state index in [0.29, 0.717) is 11.4 Å². The molecule has 0 saturated carbocycles. The number of halogens is 1. The van der Waals surface area contributed by atoms with Gasteiger partial charge in [0.15, 0.2) is 5.76 Å². The van der Waals surface area contributed by atoms with Gasteiger partial charge in [-0.25, -0.2) is 4.79 Å². The lowest BCUT2D eigenvalue weighted by Gasteiger charge is -2.04. The molecule has 2 aromatic heterocycles. The fourth-order valence-corrected chi connectivity index (χ4v) is 2.04. The Morgan fingerprint density at radius 2 is 2.05 bits per heavy atom. The van der Waals surface area contributed by atoms with Gasteiger partial charge in [0, 0.05) is 10.2 Å². The highest BCUT2D eigenvalue weighted by Gasteiger charge is 2.14. The van der Waals surface area contributed by atoms with Gasteiger partial charge in [-0.05, 0) is 36.4 Å². The van der Waals surface area contributed by atoms with Crippen molar-refractivity contribution in [3.63, 3.8) is 0 Å². The Balaban J connectivity index is 1.71. The van der Waals surface area contributed by atoms with Gasteiger partial charge in [-0.1, -0.05) is 15.9 Å². The highest BCUT2D eigenvalue weighted by atomic mass is 79.9. The second-order valence-corrected chi connectivity index (χ2v) is 5.28. The number of benzene rings is 1. The Hall–Kier alpha value is -2.61. The lowest BCUT2D eigenvalue weighted by Crippen LogP contribution is -2.25. The first-order valence-electron chi connectivity index (χ1n) is 6.29. The molecule has 0 unspecified atom stereocenters. The summed E-state index contributed by atoms with van der Waals surface area (Å²) in [7, 11) is 0. The van der Waals surface area contributed by atoms with E-state index in [4.69, 9.17) is 8.83 Å². The second kappa shape index (κ2) is 6.02. The molecule has 3 aromatic rings. The molecule has 0 saturated heterocycles. The first-order chi connectivity index (χ1) is 10.6. The number of nitrogens with zero attached hydrogens (tertiary/aromatic N) is 2. The van der Waals surface area contributed by atoms with Crippen LogP contribution in [0.2, 0.25) is 0 Å². The van der Waals surface area contributed by atoms with Crippen LogP contribution in [0.25, 0.3) is 11.7 Å². The lowest BCUT2D eigenvalue weighted by molar-refractivity contribution is -0.117. The van der Waals surface area contributed by atoms with E-state index < -0.39 is 5.76 Å². The summed E-state index contributed by atoms with van der Waals surface area (Å²) in [6, 6.07) is 10.3. The molecule has 112 valence electrons. The summed E-state index contributed by atoms with van der Waals surface area (Å²) in [5, 5.41) is 6.59. The van der Waals surface area contributed by atoms with Crippen LogP contribution in [0.1, 0.15) is 0 Å². The summed E-state index contributed by atoms with van der Waals surface area (Å²) >= 11 is 3.31. The zero-order valence-electron chi connectivity index (χ0n) is 11.2. The van der Waals surface area contributed by atoms with Gasteiger partial charge in [0.05, 0.1) is 6.26 Å². The third-order valence-electron chi connectivity index (χ3n) is 2.76. The summed E-state index contributed by atoms with van der Waals surface area (Å²) in [5.41, 5.74) is 0.621. The maximum atomic E-state index is 11.9. The van der Waals surface area contributed by atoms with Crippen LogP contribution in [0.5, 0.6) is 0 Å². The van der Waals surface area contributed by atoms with Crippen molar-refractivity contribution in [3.8, 4) is 11.7 Å². The number of hydrogen-bond acceptors (Lipinski definition) is 5. The van der Waals surface area contributed by atoms with Crippen LogP contribution < -0.4 is 11.1 Å². The minimum atomic E-state index is -0.725. The van der Waals surface area contributed by atoms with Crippen molar-refractivity contribution in [3.05, 3.63) is 57.7 Å². The van der Waals surface area contributed by atoms with Crippen molar-refractivity contribution in [2.24, 2.45) is 0 Å². The summed E-state index contributed by atoms with van der Waals surface area (Å²) in [5.74, 6) is -0.753. The van der Waals surface area contributed by atoms with Crippen LogP contribution in [0.3, 0.4) is 0 Å². The van der Waals surface area contributed by atoms with Crippen LogP contribution >= 0.6 is 15.9 Å². The number of hydrogen-bond donors (Lipinski definition) is 1. The van der Waals surface area contributed by atoms with Gasteiger partial charge in [-0.2, -0.15) is 4.68 Å². The van der Waals surface area contributed by atoms with Crippen molar-refractivity contribution in [2.75, 3.05) is 5.32 Å². The molecule has 0 spiro atoms. The molecule has 0 aliphatic carbocycles. The van der Waals surface area contributed by atoms with E-state index in [-0.39, 0.29) is 18.3 Å². The second-order valence-electron chi connectivity index (χ2n) is 4.36. The molecule has 3 rings (SSSR count). The molecule has 1 N–H and O–H groups in total. The van der Waals surface area contributed by atoms with Gasteiger partial charge in [0.25, 0.3) is 5.89 Å². The van der Waals surface area contributed by atoms with Crippen molar-refractivity contribution >= 4 is 27.5 Å². The van der Waals surface area contributed by atoms with Gasteiger partial charge in [-0.15, -0.1) is 5.10 Å². The molecular weight excluding hydrogens is 354 g/mol. The van der Waals surface area contributed by atoms with Gasteiger partial charge in [0.2, 0.25) is 5.91 Å².